The number of nitrogens with zero attached hydrogens (tertiary/aromatic N) is 3. The minimum absolute atomic E-state index is 0.0341. The molecule has 8 heteroatoms. The summed E-state index contributed by atoms with van der Waals surface area (Å²) < 4.78 is 11.3. The molecule has 22 heavy (non-hydrogen) atoms. The zero-order valence-electron chi connectivity index (χ0n) is 12.9. The van der Waals surface area contributed by atoms with E-state index in [4.69, 9.17) is 9.15 Å². The van der Waals surface area contributed by atoms with Crippen molar-refractivity contribution in [2.24, 2.45) is 0 Å². The Kier molecular flexibility index (Phi) is 5.30. The van der Waals surface area contributed by atoms with E-state index in [9.17, 15) is 4.79 Å². The Bertz CT molecular complexity index is 517. The first-order valence-corrected chi connectivity index (χ1v) is 9.78. The summed E-state index contributed by atoms with van der Waals surface area (Å²) in [6, 6.07) is -0.256. The van der Waals surface area contributed by atoms with Gasteiger partial charge in [-0.15, -0.1) is 22.0 Å². The molecule has 0 spiro atoms. The monoisotopic (exact) mass is 343 g/mol. The molecule has 2 fully saturated rings. The summed E-state index contributed by atoms with van der Waals surface area (Å²) in [7, 11) is 0. The molecule has 2 saturated heterocycles. The van der Waals surface area contributed by atoms with Crippen LogP contribution >= 0.6 is 23.5 Å². The molecular formula is C14H21N3O3S2. The molecular weight excluding hydrogens is 322 g/mol. The molecule has 1 aromatic heterocycles. The van der Waals surface area contributed by atoms with Crippen LogP contribution in [-0.4, -0.2) is 63.3 Å². The van der Waals surface area contributed by atoms with E-state index in [1.165, 1.54) is 0 Å². The molecule has 0 unspecified atom stereocenters. The van der Waals surface area contributed by atoms with E-state index in [2.05, 4.69) is 10.2 Å². The Morgan fingerprint density at radius 2 is 2.23 bits per heavy atom. The first-order valence-electron chi connectivity index (χ1n) is 7.57. The lowest BCUT2D eigenvalue weighted by Crippen LogP contribution is -2.48. The van der Waals surface area contributed by atoms with Gasteiger partial charge in [-0.2, -0.15) is 11.8 Å². The van der Waals surface area contributed by atoms with Gasteiger partial charge < -0.3 is 14.1 Å². The second-order valence-electron chi connectivity index (χ2n) is 5.69. The fourth-order valence-corrected chi connectivity index (χ4v) is 5.12. The van der Waals surface area contributed by atoms with Crippen LogP contribution in [0.2, 0.25) is 0 Å². The molecule has 0 radical (unpaired) electrons. The topological polar surface area (TPSA) is 68.5 Å². The highest BCUT2D eigenvalue weighted by Gasteiger charge is 2.36. The number of thioether (sulfide) groups is 2. The van der Waals surface area contributed by atoms with Crippen LogP contribution in [0.5, 0.6) is 0 Å². The van der Waals surface area contributed by atoms with E-state index in [-0.39, 0.29) is 23.1 Å². The number of morpholine rings is 1. The Morgan fingerprint density at radius 3 is 2.91 bits per heavy atom. The van der Waals surface area contributed by atoms with Crippen molar-refractivity contribution in [1.82, 2.24) is 15.1 Å². The second-order valence-corrected chi connectivity index (χ2v) is 8.15. The number of ether oxygens (including phenoxy) is 1. The van der Waals surface area contributed by atoms with Gasteiger partial charge >= 0.3 is 0 Å². The third-order valence-electron chi connectivity index (χ3n) is 3.74. The van der Waals surface area contributed by atoms with Crippen LogP contribution in [0.1, 0.15) is 37.6 Å². The molecule has 122 valence electrons. The van der Waals surface area contributed by atoms with Crippen molar-refractivity contribution >= 4 is 29.4 Å². The molecule has 1 amide bonds. The summed E-state index contributed by atoms with van der Waals surface area (Å²) in [6.45, 7) is 5.60. The fourth-order valence-electron chi connectivity index (χ4n) is 2.50. The second kappa shape index (κ2) is 7.23. The van der Waals surface area contributed by atoms with E-state index >= 15 is 0 Å². The van der Waals surface area contributed by atoms with E-state index in [1.54, 1.807) is 11.8 Å². The maximum absolute atomic E-state index is 12.8. The normalized spacial score (nSPS) is 26.4. The van der Waals surface area contributed by atoms with Gasteiger partial charge in [-0.1, -0.05) is 13.8 Å². The predicted molar refractivity (Wildman–Crippen MR) is 87.2 cm³/mol. The molecule has 0 bridgehead atoms. The van der Waals surface area contributed by atoms with Gasteiger partial charge in [-0.05, 0) is 0 Å². The maximum Gasteiger partial charge on any atom is 0.241 e. The summed E-state index contributed by atoms with van der Waals surface area (Å²) >= 11 is 3.60. The van der Waals surface area contributed by atoms with Crippen LogP contribution in [0.4, 0.5) is 0 Å². The van der Waals surface area contributed by atoms with Gasteiger partial charge in [-0.25, -0.2) is 0 Å². The Hall–Kier alpha value is -0.730. The van der Waals surface area contributed by atoms with Crippen LogP contribution in [0.15, 0.2) is 4.42 Å². The van der Waals surface area contributed by atoms with Gasteiger partial charge in [0.1, 0.15) is 6.04 Å². The predicted octanol–water partition coefficient (Wildman–Crippen LogP) is 1.94. The van der Waals surface area contributed by atoms with Crippen LogP contribution in [0, 0.1) is 0 Å². The van der Waals surface area contributed by atoms with Gasteiger partial charge in [0.05, 0.1) is 18.5 Å². The summed E-state index contributed by atoms with van der Waals surface area (Å²) in [5, 5.41) is 8.25. The largest absolute Gasteiger partial charge is 0.423 e. The lowest BCUT2D eigenvalue weighted by molar-refractivity contribution is -0.140. The molecule has 2 aliphatic heterocycles. The van der Waals surface area contributed by atoms with Crippen molar-refractivity contribution in [2.75, 3.05) is 37.0 Å². The van der Waals surface area contributed by atoms with Gasteiger partial charge in [0.15, 0.2) is 0 Å². The maximum atomic E-state index is 12.8. The standard InChI is InChI=1S/C14H21N3O3S2/c1-9(2)12-15-16-13(20-12)10-7-19-4-3-17(10)14(18)11-8-21-5-6-22-11/h9-11H,3-8H2,1-2H3/t10-,11+/m1/s1. The minimum atomic E-state index is -0.256. The number of rotatable bonds is 3. The number of hydrogen-bond acceptors (Lipinski definition) is 7. The van der Waals surface area contributed by atoms with Gasteiger partial charge in [0, 0.05) is 29.7 Å². The molecule has 0 saturated carbocycles. The Labute approximate surface area is 138 Å². The van der Waals surface area contributed by atoms with E-state index in [1.807, 2.05) is 30.5 Å². The third kappa shape index (κ3) is 3.44. The molecule has 3 rings (SSSR count). The van der Waals surface area contributed by atoms with Crippen LogP contribution in [0.3, 0.4) is 0 Å². The SMILES string of the molecule is CC(C)c1nnc([C@H]2COCCN2C(=O)[C@@H]2CSCCS2)o1. The van der Waals surface area contributed by atoms with E-state index < -0.39 is 0 Å². The molecule has 1 aromatic rings. The number of carbonyl (C=O) groups is 1. The highest BCUT2D eigenvalue weighted by molar-refractivity contribution is 8.07. The lowest BCUT2D eigenvalue weighted by atomic mass is 10.2. The zero-order chi connectivity index (χ0) is 15.5. The zero-order valence-corrected chi connectivity index (χ0v) is 14.5. The summed E-state index contributed by atoms with van der Waals surface area (Å²) in [5.74, 6) is 4.50. The Balaban J connectivity index is 1.76. The number of aromatic nitrogens is 2. The lowest BCUT2D eigenvalue weighted by Gasteiger charge is -2.36. The average Bonchev–Trinajstić information content (AvgIpc) is 3.05. The molecule has 2 aliphatic rings. The van der Waals surface area contributed by atoms with Crippen molar-refractivity contribution in [3.8, 4) is 0 Å². The van der Waals surface area contributed by atoms with E-state index in [0.717, 1.165) is 17.3 Å². The smallest absolute Gasteiger partial charge is 0.241 e. The van der Waals surface area contributed by atoms with Crippen molar-refractivity contribution in [2.45, 2.75) is 31.1 Å². The van der Waals surface area contributed by atoms with Gasteiger partial charge in [0.2, 0.25) is 17.7 Å². The summed E-state index contributed by atoms with van der Waals surface area (Å²) in [5.41, 5.74) is 0. The highest BCUT2D eigenvalue weighted by Crippen LogP contribution is 2.30. The van der Waals surface area contributed by atoms with Crippen LogP contribution < -0.4 is 0 Å². The first kappa shape index (κ1) is 16.1. The van der Waals surface area contributed by atoms with Gasteiger partial charge in [0.25, 0.3) is 0 Å². The molecule has 6 nitrogen and oxygen atoms in total. The minimum Gasteiger partial charge on any atom is -0.423 e. The quantitative estimate of drug-likeness (QED) is 0.831. The van der Waals surface area contributed by atoms with Crippen molar-refractivity contribution in [3.05, 3.63) is 11.8 Å². The van der Waals surface area contributed by atoms with Crippen molar-refractivity contribution in [1.29, 1.82) is 0 Å². The number of carbonyl (C=O) groups excluding carboxylic acids is 1. The van der Waals surface area contributed by atoms with Crippen molar-refractivity contribution < 1.29 is 13.9 Å². The molecule has 0 aromatic carbocycles. The Morgan fingerprint density at radius 1 is 1.36 bits per heavy atom. The van der Waals surface area contributed by atoms with Crippen LogP contribution in [-0.2, 0) is 9.53 Å². The molecule has 0 aliphatic carbocycles. The molecule has 0 N–H and O–H groups in total. The number of hydrogen-bond donors (Lipinski definition) is 0. The summed E-state index contributed by atoms with van der Waals surface area (Å²) in [4.78, 5) is 14.7. The third-order valence-corrected chi connectivity index (χ3v) is 6.48. The van der Waals surface area contributed by atoms with Gasteiger partial charge in [-0.3, -0.25) is 4.79 Å². The molecule has 2 atom stereocenters. The number of amides is 1. The first-order chi connectivity index (χ1) is 10.7. The summed E-state index contributed by atoms with van der Waals surface area (Å²) in [6.07, 6.45) is 0. The van der Waals surface area contributed by atoms with Crippen LogP contribution in [0.25, 0.3) is 0 Å². The molecule has 3 heterocycles. The van der Waals surface area contributed by atoms with E-state index in [0.29, 0.717) is 31.5 Å². The fraction of sp³-hybridized carbons (Fsp3) is 0.786. The van der Waals surface area contributed by atoms with Crippen molar-refractivity contribution in [3.63, 3.8) is 0 Å². The highest BCUT2D eigenvalue weighted by atomic mass is 32.2. The average molecular weight is 343 g/mol.